The molecule has 0 saturated carbocycles. The van der Waals surface area contributed by atoms with Gasteiger partial charge in [-0.05, 0) is 50.3 Å². The van der Waals surface area contributed by atoms with Crippen molar-refractivity contribution >= 4 is 21.2 Å². The molecule has 0 amide bonds. The molecule has 4 rings (SSSR count). The lowest BCUT2D eigenvalue weighted by atomic mass is 10.1. The second-order valence-corrected chi connectivity index (χ2v) is 8.20. The van der Waals surface area contributed by atoms with E-state index in [-0.39, 0.29) is 9.80 Å². The Balaban J connectivity index is 1.85. The third-order valence-corrected chi connectivity index (χ3v) is 6.79. The third-order valence-electron chi connectivity index (χ3n) is 5.00. The van der Waals surface area contributed by atoms with Crippen LogP contribution >= 0.6 is 0 Å². The Morgan fingerprint density at radius 1 is 1.04 bits per heavy atom. The lowest BCUT2D eigenvalue weighted by Crippen LogP contribution is -2.31. The molecule has 6 heteroatoms. The first-order valence-electron chi connectivity index (χ1n) is 8.18. The number of fused-ring (bicyclic) bond motifs is 3. The standard InChI is InChI=1S/C17H19N3O2S/c18-12-17-14-5-4-10-20(14)15-11-13(19-8-2-1-3-9-19)6-7-16(15)23(17,21)22/h6-7,11H,1-5,8-10H2. The molecule has 120 valence electrons. The maximum absolute atomic E-state index is 12.7. The Morgan fingerprint density at radius 2 is 1.83 bits per heavy atom. The summed E-state index contributed by atoms with van der Waals surface area (Å²) in [6.45, 7) is 2.84. The molecule has 3 heterocycles. The highest BCUT2D eigenvalue weighted by Gasteiger charge is 2.38. The van der Waals surface area contributed by atoms with Crippen molar-refractivity contribution in [2.24, 2.45) is 0 Å². The summed E-state index contributed by atoms with van der Waals surface area (Å²) in [6.07, 6.45) is 5.19. The zero-order valence-corrected chi connectivity index (χ0v) is 13.8. The summed E-state index contributed by atoms with van der Waals surface area (Å²) in [7, 11) is -3.68. The number of hydrogen-bond donors (Lipinski definition) is 0. The average molecular weight is 329 g/mol. The van der Waals surface area contributed by atoms with E-state index >= 15 is 0 Å². The number of hydrogen-bond acceptors (Lipinski definition) is 5. The fourth-order valence-corrected chi connectivity index (χ4v) is 5.41. The number of nitrogens with zero attached hydrogens (tertiary/aromatic N) is 3. The zero-order valence-electron chi connectivity index (χ0n) is 13.0. The predicted octanol–water partition coefficient (Wildman–Crippen LogP) is 2.80. The molecule has 0 radical (unpaired) electrons. The van der Waals surface area contributed by atoms with Gasteiger partial charge in [-0.15, -0.1) is 0 Å². The monoisotopic (exact) mass is 329 g/mol. The highest BCUT2D eigenvalue weighted by molar-refractivity contribution is 7.95. The smallest absolute Gasteiger partial charge is 0.220 e. The first-order valence-corrected chi connectivity index (χ1v) is 9.66. The zero-order chi connectivity index (χ0) is 16.0. The normalized spacial score (nSPS) is 22.6. The molecule has 5 nitrogen and oxygen atoms in total. The van der Waals surface area contributed by atoms with Gasteiger partial charge < -0.3 is 9.80 Å². The van der Waals surface area contributed by atoms with Crippen molar-refractivity contribution in [3.05, 3.63) is 28.8 Å². The summed E-state index contributed by atoms with van der Waals surface area (Å²) >= 11 is 0. The van der Waals surface area contributed by atoms with E-state index in [9.17, 15) is 13.7 Å². The van der Waals surface area contributed by atoms with Crippen LogP contribution < -0.4 is 9.80 Å². The minimum absolute atomic E-state index is 0.0618. The van der Waals surface area contributed by atoms with E-state index in [1.54, 1.807) is 6.07 Å². The third kappa shape index (κ3) is 2.14. The summed E-state index contributed by atoms with van der Waals surface area (Å²) in [5, 5.41) is 9.34. The van der Waals surface area contributed by atoms with Crippen LogP contribution in [0.2, 0.25) is 0 Å². The van der Waals surface area contributed by atoms with Crippen LogP contribution in [0.5, 0.6) is 0 Å². The Kier molecular flexibility index (Phi) is 3.34. The molecule has 0 spiro atoms. The van der Waals surface area contributed by atoms with Crippen molar-refractivity contribution in [2.75, 3.05) is 29.4 Å². The van der Waals surface area contributed by atoms with E-state index in [0.29, 0.717) is 12.1 Å². The first kappa shape index (κ1) is 14.6. The molecule has 0 atom stereocenters. The minimum atomic E-state index is -3.68. The van der Waals surface area contributed by atoms with E-state index in [0.717, 1.165) is 37.4 Å². The van der Waals surface area contributed by atoms with Crippen LogP contribution in [0.3, 0.4) is 0 Å². The van der Waals surface area contributed by atoms with Crippen molar-refractivity contribution < 1.29 is 8.42 Å². The number of benzene rings is 1. The van der Waals surface area contributed by atoms with Gasteiger partial charge in [-0.2, -0.15) is 5.26 Å². The van der Waals surface area contributed by atoms with Crippen molar-refractivity contribution in [1.82, 2.24) is 0 Å². The van der Waals surface area contributed by atoms with E-state index in [1.165, 1.54) is 19.3 Å². The van der Waals surface area contributed by atoms with Gasteiger partial charge in [-0.3, -0.25) is 0 Å². The molecular formula is C17H19N3O2S. The first-order chi connectivity index (χ1) is 11.1. The Bertz CT molecular complexity index is 830. The molecule has 0 N–H and O–H groups in total. The topological polar surface area (TPSA) is 64.4 Å². The summed E-state index contributed by atoms with van der Waals surface area (Å²) in [5.41, 5.74) is 2.51. The van der Waals surface area contributed by atoms with Gasteiger partial charge in [0.05, 0.1) is 10.6 Å². The van der Waals surface area contributed by atoms with Crippen LogP contribution in [0.15, 0.2) is 33.7 Å². The second kappa shape index (κ2) is 5.27. The molecule has 1 aromatic carbocycles. The summed E-state index contributed by atoms with van der Waals surface area (Å²) < 4.78 is 25.5. The number of rotatable bonds is 1. The van der Waals surface area contributed by atoms with Gasteiger partial charge in [-0.1, -0.05) is 0 Å². The van der Waals surface area contributed by atoms with Crippen molar-refractivity contribution in [3.63, 3.8) is 0 Å². The molecule has 3 aliphatic heterocycles. The summed E-state index contributed by atoms with van der Waals surface area (Å²) in [5.74, 6) is 0. The van der Waals surface area contributed by atoms with Gasteiger partial charge in [0.2, 0.25) is 9.84 Å². The maximum atomic E-state index is 12.7. The maximum Gasteiger partial charge on any atom is 0.220 e. The SMILES string of the molecule is N#CC1=C2CCCN2c2cc(N3CCCCC3)ccc2S1(=O)=O. The van der Waals surface area contributed by atoms with Gasteiger partial charge in [0.1, 0.15) is 6.07 Å². The van der Waals surface area contributed by atoms with Gasteiger partial charge in [0.25, 0.3) is 0 Å². The van der Waals surface area contributed by atoms with E-state index < -0.39 is 9.84 Å². The Hall–Kier alpha value is -2.00. The lowest BCUT2D eigenvalue weighted by Gasteiger charge is -2.32. The van der Waals surface area contributed by atoms with Crippen LogP contribution in [0.1, 0.15) is 32.1 Å². The fraction of sp³-hybridized carbons (Fsp3) is 0.471. The molecular weight excluding hydrogens is 310 g/mol. The predicted molar refractivity (Wildman–Crippen MR) is 88.9 cm³/mol. The highest BCUT2D eigenvalue weighted by atomic mass is 32.2. The van der Waals surface area contributed by atoms with Crippen LogP contribution in [-0.2, 0) is 9.84 Å². The fourth-order valence-electron chi connectivity index (χ4n) is 3.86. The van der Waals surface area contributed by atoms with E-state index in [4.69, 9.17) is 0 Å². The van der Waals surface area contributed by atoms with Gasteiger partial charge in [0.15, 0.2) is 4.91 Å². The van der Waals surface area contributed by atoms with Crippen LogP contribution in [-0.4, -0.2) is 28.1 Å². The average Bonchev–Trinajstić information content (AvgIpc) is 3.04. The molecule has 0 aliphatic carbocycles. The van der Waals surface area contributed by atoms with Crippen LogP contribution in [0, 0.1) is 11.3 Å². The minimum Gasteiger partial charge on any atom is -0.371 e. The largest absolute Gasteiger partial charge is 0.371 e. The summed E-state index contributed by atoms with van der Waals surface area (Å²) in [4.78, 5) is 4.58. The second-order valence-electron chi connectivity index (χ2n) is 6.35. The molecule has 1 aromatic rings. The Morgan fingerprint density at radius 3 is 2.57 bits per heavy atom. The number of piperidine rings is 1. The van der Waals surface area contributed by atoms with Crippen LogP contribution in [0.25, 0.3) is 0 Å². The van der Waals surface area contributed by atoms with Crippen molar-refractivity contribution in [1.29, 1.82) is 5.26 Å². The van der Waals surface area contributed by atoms with Gasteiger partial charge in [-0.25, -0.2) is 8.42 Å². The highest BCUT2D eigenvalue weighted by Crippen LogP contribution is 2.44. The van der Waals surface area contributed by atoms with E-state index in [1.807, 2.05) is 23.1 Å². The molecule has 2 saturated heterocycles. The number of anilines is 2. The number of nitriles is 1. The Labute approximate surface area is 136 Å². The molecule has 3 aliphatic rings. The van der Waals surface area contributed by atoms with Gasteiger partial charge in [0, 0.05) is 31.0 Å². The van der Waals surface area contributed by atoms with Crippen LogP contribution in [0.4, 0.5) is 11.4 Å². The lowest BCUT2D eigenvalue weighted by molar-refractivity contribution is 0.577. The molecule has 0 aromatic heterocycles. The van der Waals surface area contributed by atoms with Crippen molar-refractivity contribution in [2.45, 2.75) is 37.0 Å². The molecule has 23 heavy (non-hydrogen) atoms. The molecule has 0 bridgehead atoms. The van der Waals surface area contributed by atoms with E-state index in [2.05, 4.69) is 4.90 Å². The van der Waals surface area contributed by atoms with Crippen molar-refractivity contribution in [3.8, 4) is 6.07 Å². The molecule has 0 unspecified atom stereocenters. The van der Waals surface area contributed by atoms with Gasteiger partial charge >= 0.3 is 0 Å². The number of sulfone groups is 1. The number of allylic oxidation sites excluding steroid dienone is 2. The summed E-state index contributed by atoms with van der Waals surface area (Å²) in [6, 6.07) is 7.49. The quantitative estimate of drug-likeness (QED) is 0.793. The molecule has 2 fully saturated rings.